The minimum Gasteiger partial charge on any atom is -0.480 e. The fraction of sp³-hybridized carbons (Fsp3) is 0.375. The van der Waals surface area contributed by atoms with Crippen LogP contribution in [0.4, 0.5) is 0 Å². The maximum Gasteiger partial charge on any atom is 0.320 e. The van der Waals surface area contributed by atoms with Crippen LogP contribution in [0.2, 0.25) is 0 Å². The highest BCUT2D eigenvalue weighted by Crippen LogP contribution is 2.31. The second-order valence-electron chi connectivity index (χ2n) is 5.54. The number of hydrogen-bond donors (Lipinski definition) is 1. The van der Waals surface area contributed by atoms with Gasteiger partial charge in [-0.05, 0) is 31.9 Å². The van der Waals surface area contributed by atoms with Crippen LogP contribution in [0, 0.1) is 0 Å². The predicted octanol–water partition coefficient (Wildman–Crippen LogP) is 3.54. The Kier molecular flexibility index (Phi) is 4.31. The van der Waals surface area contributed by atoms with Crippen LogP contribution in [-0.2, 0) is 11.3 Å². The molecule has 1 aromatic heterocycles. The van der Waals surface area contributed by atoms with Crippen LogP contribution < -0.4 is 0 Å². The van der Waals surface area contributed by atoms with Crippen LogP contribution in [0.1, 0.15) is 25.7 Å². The molecule has 0 amide bonds. The molecule has 0 bridgehead atoms. The summed E-state index contributed by atoms with van der Waals surface area (Å²) >= 11 is 3.40. The van der Waals surface area contributed by atoms with Crippen LogP contribution in [0.15, 0.2) is 39.4 Å². The number of carbonyl (C=O) groups is 1. The summed E-state index contributed by atoms with van der Waals surface area (Å²) in [5.41, 5.74) is 0.950. The lowest BCUT2D eigenvalue weighted by molar-refractivity contribution is -0.143. The molecular weight excluding hydrogens is 348 g/mol. The van der Waals surface area contributed by atoms with Gasteiger partial charge in [0.2, 0.25) is 5.89 Å². The number of aromatic nitrogens is 1. The van der Waals surface area contributed by atoms with Gasteiger partial charge in [-0.3, -0.25) is 9.69 Å². The van der Waals surface area contributed by atoms with Crippen molar-refractivity contribution in [1.29, 1.82) is 0 Å². The zero-order valence-corrected chi connectivity index (χ0v) is 13.8. The van der Waals surface area contributed by atoms with Gasteiger partial charge in [-0.15, -0.1) is 0 Å². The summed E-state index contributed by atoms with van der Waals surface area (Å²) in [4.78, 5) is 17.5. The number of hydrogen-bond acceptors (Lipinski definition) is 4. The van der Waals surface area contributed by atoms with Crippen LogP contribution in [0.25, 0.3) is 11.3 Å². The van der Waals surface area contributed by atoms with Crippen LogP contribution >= 0.6 is 15.9 Å². The van der Waals surface area contributed by atoms with E-state index in [0.29, 0.717) is 24.2 Å². The lowest BCUT2D eigenvalue weighted by Crippen LogP contribution is -2.40. The zero-order chi connectivity index (χ0) is 15.7. The fourth-order valence-corrected chi connectivity index (χ4v) is 2.68. The van der Waals surface area contributed by atoms with Crippen molar-refractivity contribution >= 4 is 21.9 Å². The average Bonchev–Trinajstić information content (AvgIpc) is 3.24. The third-order valence-corrected chi connectivity index (χ3v) is 4.40. The van der Waals surface area contributed by atoms with Crippen LogP contribution in [0.3, 0.4) is 0 Å². The molecule has 1 aliphatic carbocycles. The van der Waals surface area contributed by atoms with Gasteiger partial charge < -0.3 is 9.52 Å². The summed E-state index contributed by atoms with van der Waals surface area (Å²) < 4.78 is 6.79. The Morgan fingerprint density at radius 3 is 2.73 bits per heavy atom. The molecule has 22 heavy (non-hydrogen) atoms. The fourth-order valence-electron chi connectivity index (χ4n) is 2.42. The van der Waals surface area contributed by atoms with E-state index in [2.05, 4.69) is 20.9 Å². The van der Waals surface area contributed by atoms with E-state index < -0.39 is 12.0 Å². The molecule has 1 fully saturated rings. The van der Waals surface area contributed by atoms with Gasteiger partial charge in [0.1, 0.15) is 6.04 Å². The van der Waals surface area contributed by atoms with E-state index in [1.807, 2.05) is 29.2 Å². The van der Waals surface area contributed by atoms with Gasteiger partial charge >= 0.3 is 5.97 Å². The first-order valence-corrected chi connectivity index (χ1v) is 8.03. The first kappa shape index (κ1) is 15.2. The normalized spacial score (nSPS) is 16.0. The Morgan fingerprint density at radius 1 is 1.45 bits per heavy atom. The molecule has 0 aliphatic heterocycles. The summed E-state index contributed by atoms with van der Waals surface area (Å²) in [6.07, 6.45) is 3.77. The lowest BCUT2D eigenvalue weighted by atomic mass is 10.2. The van der Waals surface area contributed by atoms with E-state index in [1.165, 1.54) is 0 Å². The summed E-state index contributed by atoms with van der Waals surface area (Å²) in [5.74, 6) is 0.436. The number of carboxylic acids is 1. The summed E-state index contributed by atoms with van der Waals surface area (Å²) in [6, 6.07) is 7.59. The molecule has 1 heterocycles. The number of nitrogens with zero attached hydrogens (tertiary/aromatic N) is 2. The second-order valence-corrected chi connectivity index (χ2v) is 6.46. The quantitative estimate of drug-likeness (QED) is 0.848. The number of benzene rings is 1. The molecule has 1 unspecified atom stereocenters. The van der Waals surface area contributed by atoms with Crippen LogP contribution in [0.5, 0.6) is 0 Å². The molecule has 1 aromatic carbocycles. The Balaban J connectivity index is 1.75. The third-order valence-electron chi connectivity index (χ3n) is 3.87. The van der Waals surface area contributed by atoms with Crippen LogP contribution in [-0.4, -0.2) is 33.0 Å². The van der Waals surface area contributed by atoms with Gasteiger partial charge in [0.25, 0.3) is 0 Å². The number of oxazole rings is 1. The second kappa shape index (κ2) is 6.22. The molecule has 0 saturated heterocycles. The highest BCUT2D eigenvalue weighted by molar-refractivity contribution is 9.10. The SMILES string of the molecule is CC(C(=O)O)N(Cc1ncc(-c2ccc(Br)cc2)o1)C1CC1. The molecular formula is C16H17BrN2O3. The summed E-state index contributed by atoms with van der Waals surface area (Å²) in [6.45, 7) is 2.13. The minimum atomic E-state index is -0.813. The van der Waals surface area contributed by atoms with E-state index in [4.69, 9.17) is 4.42 Å². The van der Waals surface area contributed by atoms with E-state index in [0.717, 1.165) is 22.9 Å². The van der Waals surface area contributed by atoms with Gasteiger partial charge in [0.05, 0.1) is 12.7 Å². The zero-order valence-electron chi connectivity index (χ0n) is 12.2. The molecule has 1 aliphatic rings. The Hall–Kier alpha value is -1.66. The molecule has 0 radical (unpaired) electrons. The number of carboxylic acid groups (broad SMARTS) is 1. The van der Waals surface area contributed by atoms with Gasteiger partial charge in [-0.2, -0.15) is 0 Å². The van der Waals surface area contributed by atoms with E-state index in [1.54, 1.807) is 13.1 Å². The molecule has 3 rings (SSSR count). The molecule has 1 atom stereocenters. The van der Waals surface area contributed by atoms with Crippen molar-refractivity contribution in [2.45, 2.75) is 38.4 Å². The first-order chi connectivity index (χ1) is 10.5. The monoisotopic (exact) mass is 364 g/mol. The van der Waals surface area contributed by atoms with Gasteiger partial charge in [0.15, 0.2) is 5.76 Å². The molecule has 1 N–H and O–H groups in total. The Morgan fingerprint density at radius 2 is 2.14 bits per heavy atom. The Labute approximate surface area is 137 Å². The standard InChI is InChI=1S/C16H17BrN2O3/c1-10(16(20)21)19(13-6-7-13)9-15-18-8-14(22-15)11-2-4-12(17)5-3-11/h2-5,8,10,13H,6-7,9H2,1H3,(H,20,21). The van der Waals surface area contributed by atoms with Crippen molar-refractivity contribution in [2.75, 3.05) is 0 Å². The molecule has 2 aromatic rings. The molecule has 1 saturated carbocycles. The van der Waals surface area contributed by atoms with Crippen molar-refractivity contribution in [3.05, 3.63) is 40.8 Å². The summed E-state index contributed by atoms with van der Waals surface area (Å²) in [7, 11) is 0. The third kappa shape index (κ3) is 3.39. The Bertz CT molecular complexity index is 664. The number of rotatable bonds is 6. The van der Waals surface area contributed by atoms with Crippen molar-refractivity contribution in [2.24, 2.45) is 0 Å². The predicted molar refractivity (Wildman–Crippen MR) is 85.3 cm³/mol. The van der Waals surface area contributed by atoms with Gasteiger partial charge in [-0.1, -0.05) is 28.1 Å². The largest absolute Gasteiger partial charge is 0.480 e. The lowest BCUT2D eigenvalue weighted by Gasteiger charge is -2.24. The van der Waals surface area contributed by atoms with Gasteiger partial charge in [0, 0.05) is 16.1 Å². The van der Waals surface area contributed by atoms with E-state index >= 15 is 0 Å². The number of aliphatic carboxylic acids is 1. The highest BCUT2D eigenvalue weighted by atomic mass is 79.9. The molecule has 0 spiro atoms. The van der Waals surface area contributed by atoms with Crippen molar-refractivity contribution < 1.29 is 14.3 Å². The molecule has 116 valence electrons. The number of halogens is 1. The first-order valence-electron chi connectivity index (χ1n) is 7.24. The van der Waals surface area contributed by atoms with Gasteiger partial charge in [-0.25, -0.2) is 4.98 Å². The topological polar surface area (TPSA) is 66.6 Å². The summed E-state index contributed by atoms with van der Waals surface area (Å²) in [5, 5.41) is 9.22. The van der Waals surface area contributed by atoms with Crippen molar-refractivity contribution in [3.8, 4) is 11.3 Å². The minimum absolute atomic E-state index is 0.328. The maximum absolute atomic E-state index is 11.2. The average molecular weight is 365 g/mol. The van der Waals surface area contributed by atoms with E-state index in [9.17, 15) is 9.90 Å². The van der Waals surface area contributed by atoms with Crippen molar-refractivity contribution in [1.82, 2.24) is 9.88 Å². The van der Waals surface area contributed by atoms with E-state index in [-0.39, 0.29) is 0 Å². The molecule has 5 nitrogen and oxygen atoms in total. The highest BCUT2D eigenvalue weighted by Gasteiger charge is 2.35. The maximum atomic E-state index is 11.2. The van der Waals surface area contributed by atoms with Crippen molar-refractivity contribution in [3.63, 3.8) is 0 Å². The molecule has 6 heteroatoms. The smallest absolute Gasteiger partial charge is 0.320 e.